The number of para-hydroxylation sites is 1. The van der Waals surface area contributed by atoms with Crippen molar-refractivity contribution in [3.05, 3.63) is 53.1 Å². The minimum Gasteiger partial charge on any atom is -0.493 e. The quantitative estimate of drug-likeness (QED) is 0.632. The first-order valence-corrected chi connectivity index (χ1v) is 10.2. The topological polar surface area (TPSA) is 114 Å². The minimum atomic E-state index is -0.747. The number of carbonyl (C=O) groups is 4. The van der Waals surface area contributed by atoms with Crippen LogP contribution in [0.15, 0.2) is 36.4 Å². The maximum atomic E-state index is 13.6. The van der Waals surface area contributed by atoms with E-state index >= 15 is 0 Å². The molecule has 1 N–H and O–H groups in total. The molecular weight excluding hydrogens is 430 g/mol. The van der Waals surface area contributed by atoms with Gasteiger partial charge in [0.1, 0.15) is 12.7 Å². The van der Waals surface area contributed by atoms with Crippen LogP contribution in [0.1, 0.15) is 38.9 Å². The summed E-state index contributed by atoms with van der Waals surface area (Å²) >= 11 is 0. The van der Waals surface area contributed by atoms with E-state index in [-0.39, 0.29) is 37.1 Å². The van der Waals surface area contributed by atoms with E-state index in [1.165, 1.54) is 31.1 Å². The van der Waals surface area contributed by atoms with Crippen LogP contribution >= 0.6 is 0 Å². The Labute approximate surface area is 190 Å². The average molecular weight is 453 g/mol. The molecule has 172 valence electrons. The normalized spacial score (nSPS) is 16.0. The van der Waals surface area contributed by atoms with Gasteiger partial charge < -0.3 is 24.4 Å². The highest BCUT2D eigenvalue weighted by Gasteiger charge is 2.49. The van der Waals surface area contributed by atoms with Gasteiger partial charge in [0.15, 0.2) is 11.5 Å². The molecular formula is C23H23N3O7. The van der Waals surface area contributed by atoms with E-state index in [1.807, 2.05) is 0 Å². The number of methoxy groups -OCH3 is 3. The van der Waals surface area contributed by atoms with Gasteiger partial charge >= 0.3 is 5.97 Å². The Kier molecular flexibility index (Phi) is 5.91. The molecule has 0 spiro atoms. The van der Waals surface area contributed by atoms with Crippen LogP contribution in [0.5, 0.6) is 11.5 Å². The van der Waals surface area contributed by atoms with Gasteiger partial charge in [-0.1, -0.05) is 18.2 Å². The highest BCUT2D eigenvalue weighted by atomic mass is 16.5. The summed E-state index contributed by atoms with van der Waals surface area (Å²) in [6.07, 6.45) is -0.811. The van der Waals surface area contributed by atoms with Crippen molar-refractivity contribution in [1.82, 2.24) is 10.2 Å². The summed E-state index contributed by atoms with van der Waals surface area (Å²) in [7, 11) is 4.16. The van der Waals surface area contributed by atoms with Crippen molar-refractivity contribution in [2.75, 3.05) is 39.3 Å². The van der Waals surface area contributed by atoms with Gasteiger partial charge in [-0.25, -0.2) is 0 Å². The lowest BCUT2D eigenvalue weighted by molar-refractivity contribution is -0.141. The molecule has 0 saturated heterocycles. The number of rotatable bonds is 7. The molecule has 10 nitrogen and oxygen atoms in total. The summed E-state index contributed by atoms with van der Waals surface area (Å²) in [6.45, 7) is -0.234. The van der Waals surface area contributed by atoms with Crippen LogP contribution < -0.4 is 19.7 Å². The van der Waals surface area contributed by atoms with E-state index < -0.39 is 18.0 Å². The minimum absolute atomic E-state index is 0.0302. The molecule has 0 bridgehead atoms. The summed E-state index contributed by atoms with van der Waals surface area (Å²) < 4.78 is 15.3. The van der Waals surface area contributed by atoms with E-state index in [0.717, 1.165) is 0 Å². The summed E-state index contributed by atoms with van der Waals surface area (Å²) in [5.41, 5.74) is 1.74. The fraction of sp³-hybridized carbons (Fsp3) is 0.304. The number of anilines is 1. The molecule has 0 unspecified atom stereocenters. The highest BCUT2D eigenvalue weighted by Crippen LogP contribution is 2.49. The van der Waals surface area contributed by atoms with Crippen molar-refractivity contribution in [2.24, 2.45) is 0 Å². The number of carbonyl (C=O) groups excluding carboxylic acids is 4. The van der Waals surface area contributed by atoms with Gasteiger partial charge in [0.2, 0.25) is 5.91 Å². The molecule has 2 aromatic carbocycles. The largest absolute Gasteiger partial charge is 0.493 e. The lowest BCUT2D eigenvalue weighted by atomic mass is 10.0. The number of amides is 3. The number of esters is 1. The third kappa shape index (κ3) is 3.63. The molecule has 33 heavy (non-hydrogen) atoms. The van der Waals surface area contributed by atoms with Gasteiger partial charge in [-0.2, -0.15) is 0 Å². The molecule has 2 heterocycles. The Morgan fingerprint density at radius 1 is 1.00 bits per heavy atom. The Balaban J connectivity index is 1.72. The van der Waals surface area contributed by atoms with Crippen LogP contribution in [0.2, 0.25) is 0 Å². The zero-order valence-electron chi connectivity index (χ0n) is 18.4. The predicted octanol–water partition coefficient (Wildman–Crippen LogP) is 1.50. The predicted molar refractivity (Wildman–Crippen MR) is 116 cm³/mol. The van der Waals surface area contributed by atoms with Crippen LogP contribution in [-0.2, 0) is 14.3 Å². The van der Waals surface area contributed by atoms with Crippen molar-refractivity contribution in [3.8, 4) is 11.5 Å². The van der Waals surface area contributed by atoms with Crippen molar-refractivity contribution in [1.29, 1.82) is 0 Å². The first-order valence-electron chi connectivity index (χ1n) is 10.2. The van der Waals surface area contributed by atoms with E-state index in [0.29, 0.717) is 28.1 Å². The van der Waals surface area contributed by atoms with Gasteiger partial charge in [-0.05, 0) is 18.2 Å². The van der Waals surface area contributed by atoms with Gasteiger partial charge in [-0.3, -0.25) is 24.1 Å². The average Bonchev–Trinajstić information content (AvgIpc) is 3.14. The number of nitrogens with one attached hydrogen (secondary N) is 1. The Morgan fingerprint density at radius 2 is 1.76 bits per heavy atom. The molecule has 2 aliphatic heterocycles. The fourth-order valence-electron chi connectivity index (χ4n) is 4.20. The maximum absolute atomic E-state index is 13.6. The number of nitrogens with zero attached hydrogens (tertiary/aromatic N) is 2. The van der Waals surface area contributed by atoms with Gasteiger partial charge in [0.25, 0.3) is 11.8 Å². The zero-order valence-corrected chi connectivity index (χ0v) is 18.4. The fourth-order valence-corrected chi connectivity index (χ4v) is 4.20. The summed E-state index contributed by atoms with van der Waals surface area (Å²) in [5.74, 6) is -0.939. The van der Waals surface area contributed by atoms with Gasteiger partial charge in [-0.15, -0.1) is 0 Å². The van der Waals surface area contributed by atoms with Crippen molar-refractivity contribution < 1.29 is 33.4 Å². The van der Waals surface area contributed by atoms with E-state index in [2.05, 4.69) is 10.1 Å². The van der Waals surface area contributed by atoms with Crippen LogP contribution in [0, 0.1) is 0 Å². The van der Waals surface area contributed by atoms with Crippen LogP contribution in [0.3, 0.4) is 0 Å². The number of hydrogen-bond donors (Lipinski definition) is 1. The molecule has 3 amide bonds. The smallest absolute Gasteiger partial charge is 0.325 e. The monoisotopic (exact) mass is 453 g/mol. The lowest BCUT2D eigenvalue weighted by Crippen LogP contribution is -2.49. The molecule has 2 aliphatic rings. The molecule has 0 fully saturated rings. The number of ether oxygens (including phenoxy) is 3. The second-order valence-corrected chi connectivity index (χ2v) is 7.43. The molecule has 0 aromatic heterocycles. The molecule has 1 atom stereocenters. The molecule has 0 aliphatic carbocycles. The van der Waals surface area contributed by atoms with Crippen molar-refractivity contribution in [3.63, 3.8) is 0 Å². The van der Waals surface area contributed by atoms with E-state index in [1.54, 1.807) is 36.4 Å². The molecule has 0 radical (unpaired) electrons. The Hall–Kier alpha value is -4.08. The first-order chi connectivity index (χ1) is 15.9. The third-order valence-corrected chi connectivity index (χ3v) is 5.72. The van der Waals surface area contributed by atoms with Crippen LogP contribution in [0.25, 0.3) is 0 Å². The molecule has 4 rings (SSSR count). The summed E-state index contributed by atoms with van der Waals surface area (Å²) in [5, 5.41) is 2.46. The third-order valence-electron chi connectivity index (χ3n) is 5.72. The standard InChI is InChI=1S/C23H23N3O7/c1-31-16-9-8-14-19(20(16)33-3)23(30)26-15-7-5-4-6-13(15)22(29)25(21(14)26)11-10-17(27)24-12-18(28)32-2/h4-9,21H,10-12H2,1-3H3,(H,24,27)/t21-/m1/s1. The number of benzene rings is 2. The Morgan fingerprint density at radius 3 is 2.45 bits per heavy atom. The lowest BCUT2D eigenvalue weighted by Gasteiger charge is -2.40. The highest BCUT2D eigenvalue weighted by molar-refractivity contribution is 6.18. The van der Waals surface area contributed by atoms with Crippen molar-refractivity contribution >= 4 is 29.4 Å². The molecule has 2 aromatic rings. The van der Waals surface area contributed by atoms with Gasteiger partial charge in [0, 0.05) is 18.5 Å². The van der Waals surface area contributed by atoms with E-state index in [9.17, 15) is 19.2 Å². The van der Waals surface area contributed by atoms with Gasteiger partial charge in [0.05, 0.1) is 38.1 Å². The van der Waals surface area contributed by atoms with Crippen LogP contribution in [-0.4, -0.2) is 63.0 Å². The number of fused-ring (bicyclic) bond motifs is 5. The summed E-state index contributed by atoms with van der Waals surface area (Å²) in [6, 6.07) is 10.2. The number of hydrogen-bond acceptors (Lipinski definition) is 7. The molecule has 0 saturated carbocycles. The Bertz CT molecular complexity index is 1150. The molecule has 10 heteroatoms. The second kappa shape index (κ2) is 8.81. The van der Waals surface area contributed by atoms with Crippen LogP contribution in [0.4, 0.5) is 5.69 Å². The first kappa shape index (κ1) is 22.1. The SMILES string of the molecule is COC(=O)CNC(=O)CCN1C(=O)c2ccccc2N2C(=O)c3c(ccc(OC)c3OC)[C@H]12. The van der Waals surface area contributed by atoms with Crippen molar-refractivity contribution in [2.45, 2.75) is 12.6 Å². The zero-order chi connectivity index (χ0) is 23.7. The maximum Gasteiger partial charge on any atom is 0.325 e. The summed E-state index contributed by atoms with van der Waals surface area (Å²) in [4.78, 5) is 53.5. The second-order valence-electron chi connectivity index (χ2n) is 7.43. The van der Waals surface area contributed by atoms with E-state index in [4.69, 9.17) is 9.47 Å².